The summed E-state index contributed by atoms with van der Waals surface area (Å²) >= 11 is 0. The van der Waals surface area contributed by atoms with Crippen LogP contribution in [0.3, 0.4) is 0 Å². The third-order valence-electron chi connectivity index (χ3n) is 6.64. The van der Waals surface area contributed by atoms with Gasteiger partial charge in [-0.15, -0.1) is 10.2 Å². The fraction of sp³-hybridized carbons (Fsp3) is 0.500. The summed E-state index contributed by atoms with van der Waals surface area (Å²) in [6.07, 6.45) is -1.66. The van der Waals surface area contributed by atoms with E-state index in [1.165, 1.54) is 42.7 Å². The van der Waals surface area contributed by atoms with Crippen LogP contribution in [0.2, 0.25) is 0 Å². The number of aromatic amines is 1. The number of piperazine rings is 1. The predicted octanol–water partition coefficient (Wildman–Crippen LogP) is 2.50. The Balaban J connectivity index is 1.56. The third kappa shape index (κ3) is 5.30. The molecule has 216 valence electrons. The average Bonchev–Trinajstić information content (AvgIpc) is 3.57. The highest BCUT2D eigenvalue weighted by Gasteiger charge is 2.35. The van der Waals surface area contributed by atoms with Crippen molar-refractivity contribution >= 4 is 26.8 Å². The lowest BCUT2D eigenvalue weighted by molar-refractivity contribution is -0.148. The van der Waals surface area contributed by atoms with Gasteiger partial charge in [-0.1, -0.05) is 13.8 Å². The second-order valence-electron chi connectivity index (χ2n) is 9.54. The second-order valence-corrected chi connectivity index (χ2v) is 11.5. The first-order chi connectivity index (χ1) is 19.0. The van der Waals surface area contributed by atoms with Crippen LogP contribution >= 0.6 is 0 Å². The first-order valence-electron chi connectivity index (χ1n) is 12.9. The maximum Gasteiger partial charge on any atom is 0.401 e. The van der Waals surface area contributed by atoms with Crippen LogP contribution in [0.5, 0.6) is 5.75 Å². The zero-order chi connectivity index (χ0) is 28.7. The summed E-state index contributed by atoms with van der Waals surface area (Å²) in [7, 11) is -4.03. The van der Waals surface area contributed by atoms with Crippen molar-refractivity contribution in [3.8, 4) is 17.1 Å². The molecule has 4 heterocycles. The highest BCUT2D eigenvalue weighted by Crippen LogP contribution is 2.34. The van der Waals surface area contributed by atoms with Crippen molar-refractivity contribution < 1.29 is 26.3 Å². The number of aromatic nitrogens is 6. The number of ether oxygens (including phenoxy) is 1. The van der Waals surface area contributed by atoms with Crippen LogP contribution in [0.1, 0.15) is 26.7 Å². The van der Waals surface area contributed by atoms with E-state index in [1.54, 1.807) is 0 Å². The molecule has 3 aromatic heterocycles. The molecule has 1 aliphatic rings. The molecule has 0 spiro atoms. The van der Waals surface area contributed by atoms with Gasteiger partial charge in [0.25, 0.3) is 0 Å². The zero-order valence-corrected chi connectivity index (χ0v) is 22.8. The number of rotatable bonds is 9. The van der Waals surface area contributed by atoms with Gasteiger partial charge in [0.15, 0.2) is 11.3 Å². The highest BCUT2D eigenvalue weighted by molar-refractivity contribution is 7.89. The summed E-state index contributed by atoms with van der Waals surface area (Å²) in [6, 6.07) is 4.39. The van der Waals surface area contributed by atoms with Gasteiger partial charge in [0.2, 0.25) is 10.0 Å². The van der Waals surface area contributed by atoms with Gasteiger partial charge in [-0.3, -0.25) is 9.47 Å². The number of hydrogen-bond donors (Lipinski definition) is 1. The van der Waals surface area contributed by atoms with Gasteiger partial charge in [-0.2, -0.15) is 17.5 Å². The highest BCUT2D eigenvalue weighted by atomic mass is 32.2. The first kappa shape index (κ1) is 28.0. The number of sulfonamides is 1. The van der Waals surface area contributed by atoms with Gasteiger partial charge in [0, 0.05) is 32.7 Å². The van der Waals surface area contributed by atoms with E-state index < -0.39 is 22.7 Å². The number of halogens is 3. The summed E-state index contributed by atoms with van der Waals surface area (Å²) in [5, 5.41) is 7.91. The number of benzene rings is 1. The van der Waals surface area contributed by atoms with Crippen LogP contribution in [0.15, 0.2) is 34.2 Å². The van der Waals surface area contributed by atoms with Crippen molar-refractivity contribution in [3.05, 3.63) is 35.0 Å². The minimum Gasteiger partial charge on any atom is -0.493 e. The summed E-state index contributed by atoms with van der Waals surface area (Å²) in [5.41, 5.74) is 1.09. The minimum atomic E-state index is -4.35. The van der Waals surface area contributed by atoms with Crippen LogP contribution in [0, 0.1) is 0 Å². The van der Waals surface area contributed by atoms with Crippen molar-refractivity contribution in [2.24, 2.45) is 0 Å². The molecular formula is C24H29F3N8O4S. The molecule has 5 rings (SSSR count). The van der Waals surface area contributed by atoms with Crippen molar-refractivity contribution in [1.82, 2.24) is 38.3 Å². The van der Waals surface area contributed by atoms with Crippen LogP contribution in [0.4, 0.5) is 13.2 Å². The van der Waals surface area contributed by atoms with Gasteiger partial charge in [0.1, 0.15) is 23.4 Å². The first-order valence-corrected chi connectivity index (χ1v) is 14.4. The maximum atomic E-state index is 13.5. The molecule has 4 aromatic rings. The van der Waals surface area contributed by atoms with E-state index in [-0.39, 0.29) is 48.2 Å². The van der Waals surface area contributed by atoms with E-state index in [0.29, 0.717) is 48.5 Å². The minimum absolute atomic E-state index is 0.0316. The lowest BCUT2D eigenvalue weighted by atomic mass is 10.2. The van der Waals surface area contributed by atoms with Gasteiger partial charge in [0.05, 0.1) is 23.6 Å². The van der Waals surface area contributed by atoms with Crippen LogP contribution in [-0.4, -0.2) is 92.3 Å². The van der Waals surface area contributed by atoms with E-state index in [0.717, 1.165) is 0 Å². The number of nitrogens with zero attached hydrogens (tertiary/aromatic N) is 7. The van der Waals surface area contributed by atoms with Crippen LogP contribution in [-0.2, 0) is 16.6 Å². The van der Waals surface area contributed by atoms with Crippen molar-refractivity contribution in [2.45, 2.75) is 44.3 Å². The van der Waals surface area contributed by atoms with Crippen molar-refractivity contribution in [1.29, 1.82) is 0 Å². The molecule has 1 aliphatic heterocycles. The Kier molecular flexibility index (Phi) is 7.58. The molecule has 1 saturated heterocycles. The Hall–Kier alpha value is -3.50. The third-order valence-corrected chi connectivity index (χ3v) is 8.53. The number of fused-ring (bicyclic) bond motifs is 3. The molecule has 1 aromatic carbocycles. The molecule has 0 amide bonds. The van der Waals surface area contributed by atoms with E-state index in [9.17, 15) is 26.4 Å². The largest absolute Gasteiger partial charge is 0.493 e. The van der Waals surface area contributed by atoms with E-state index in [2.05, 4.69) is 20.2 Å². The number of hydrogen-bond acceptors (Lipinski definition) is 8. The lowest BCUT2D eigenvalue weighted by Crippen LogP contribution is -2.50. The maximum absolute atomic E-state index is 13.5. The molecule has 0 aliphatic carbocycles. The van der Waals surface area contributed by atoms with Crippen LogP contribution < -0.4 is 10.4 Å². The SMILES string of the molecule is CCCOc1ccc(S(=O)(=O)N2CCN(CC(F)(F)F)CC2)cc1-c1nc2c([nH]1)c1nncn1c(=O)n2CCC. The summed E-state index contributed by atoms with van der Waals surface area (Å²) < 4.78 is 75.3. The molecular weight excluding hydrogens is 553 g/mol. The number of imidazole rings is 1. The Morgan fingerprint density at radius 3 is 2.50 bits per heavy atom. The lowest BCUT2D eigenvalue weighted by Gasteiger charge is -2.34. The van der Waals surface area contributed by atoms with E-state index in [1.807, 2.05) is 13.8 Å². The second kappa shape index (κ2) is 10.8. The summed E-state index contributed by atoms with van der Waals surface area (Å²) in [4.78, 5) is 22.0. The number of H-pyrrole nitrogens is 1. The molecule has 0 unspecified atom stereocenters. The molecule has 0 atom stereocenters. The summed E-state index contributed by atoms with van der Waals surface area (Å²) in [6.45, 7) is 3.34. The molecule has 12 nitrogen and oxygen atoms in total. The number of aryl methyl sites for hydroxylation is 1. The normalized spacial score (nSPS) is 15.8. The van der Waals surface area contributed by atoms with Crippen LogP contribution in [0.25, 0.3) is 28.2 Å². The topological polar surface area (TPSA) is 131 Å². The smallest absolute Gasteiger partial charge is 0.401 e. The molecule has 40 heavy (non-hydrogen) atoms. The van der Waals surface area contributed by atoms with E-state index in [4.69, 9.17) is 4.74 Å². The fourth-order valence-corrected chi connectivity index (χ4v) is 6.21. The van der Waals surface area contributed by atoms with Crippen molar-refractivity contribution in [3.63, 3.8) is 0 Å². The predicted molar refractivity (Wildman–Crippen MR) is 140 cm³/mol. The molecule has 1 fully saturated rings. The van der Waals surface area contributed by atoms with Gasteiger partial charge >= 0.3 is 11.9 Å². The average molecular weight is 583 g/mol. The Morgan fingerprint density at radius 2 is 1.82 bits per heavy atom. The quantitative estimate of drug-likeness (QED) is 0.319. The van der Waals surface area contributed by atoms with Gasteiger partial charge in [-0.25, -0.2) is 22.6 Å². The van der Waals surface area contributed by atoms with Gasteiger partial charge in [-0.05, 0) is 31.0 Å². The molecule has 0 radical (unpaired) electrons. The standard InChI is InChI=1S/C24H29F3N8O4S/c1-3-7-34-21-19(22-31-28-15-35(22)23(34)36)29-20(30-21)17-13-16(5-6-18(17)39-12-4-2)40(37,38)33-10-8-32(9-11-33)14-24(25,26)27/h5-6,13,15H,3-4,7-12,14H2,1-2H3,(H,29,30). The Morgan fingerprint density at radius 1 is 1.07 bits per heavy atom. The molecule has 0 bridgehead atoms. The fourth-order valence-electron chi connectivity index (χ4n) is 4.76. The Labute approximate surface area is 227 Å². The Bertz CT molecular complexity index is 1690. The van der Waals surface area contributed by atoms with Gasteiger partial charge < -0.3 is 9.72 Å². The monoisotopic (exact) mass is 582 g/mol. The van der Waals surface area contributed by atoms with Crippen molar-refractivity contribution in [2.75, 3.05) is 39.3 Å². The molecule has 1 N–H and O–H groups in total. The molecule has 16 heteroatoms. The number of alkyl halides is 3. The van der Waals surface area contributed by atoms with E-state index >= 15 is 0 Å². The molecule has 0 saturated carbocycles. The zero-order valence-electron chi connectivity index (χ0n) is 22.0. The summed E-state index contributed by atoms with van der Waals surface area (Å²) in [5.74, 6) is 0.658. The number of nitrogens with one attached hydrogen (secondary N) is 1.